The molecule has 0 bridgehead atoms. The van der Waals surface area contributed by atoms with Gasteiger partial charge in [0.15, 0.2) is 0 Å². The predicted molar refractivity (Wildman–Crippen MR) is 237 cm³/mol. The fourth-order valence-electron chi connectivity index (χ4n) is 5.76. The first kappa shape index (κ1) is 51.7. The van der Waals surface area contributed by atoms with Gasteiger partial charge in [-0.3, -0.25) is 50.5 Å². The van der Waals surface area contributed by atoms with Crippen LogP contribution >= 0.6 is 23.5 Å². The maximum atomic E-state index is 12.4. The Hall–Kier alpha value is -4.44. The number of hydrogen-bond donors (Lipinski definition) is 6. The summed E-state index contributed by atoms with van der Waals surface area (Å²) in [6.07, 6.45) is 13.6. The number of phenolic OH excluding ortho intramolecular Hbond substituents is 2. The lowest BCUT2D eigenvalue weighted by molar-refractivity contribution is -0.144. The summed E-state index contributed by atoms with van der Waals surface area (Å²) in [4.78, 5) is 73.9. The van der Waals surface area contributed by atoms with Crippen LogP contribution in [0.1, 0.15) is 149 Å². The Morgan fingerprint density at radius 2 is 0.917 bits per heavy atom. The van der Waals surface area contributed by atoms with Crippen LogP contribution in [0.2, 0.25) is 0 Å². The fraction of sp³-hybridized carbons (Fsp3) is 0.591. The number of hydrogen-bond acceptors (Lipinski definition) is 12. The number of thioether (sulfide) groups is 2. The number of unbranched alkanes of at least 4 members (excludes halogenated alkanes) is 9. The number of amides is 4. The van der Waals surface area contributed by atoms with Crippen LogP contribution < -0.4 is 21.7 Å². The summed E-state index contributed by atoms with van der Waals surface area (Å²) in [5.74, 6) is -2.19. The number of aryl methyl sites for hydroxylation is 2. The highest BCUT2D eigenvalue weighted by atomic mass is 32.2. The molecule has 0 aliphatic heterocycles. The number of aromatic hydroxyl groups is 2. The van der Waals surface area contributed by atoms with Crippen LogP contribution in [0.15, 0.2) is 36.4 Å². The minimum absolute atomic E-state index is 0.0724. The molecule has 0 aliphatic carbocycles. The molecule has 2 atom stereocenters. The summed E-state index contributed by atoms with van der Waals surface area (Å²) in [6.45, 7) is 8.22. The van der Waals surface area contributed by atoms with Crippen molar-refractivity contribution in [2.45, 2.75) is 141 Å². The maximum Gasteiger partial charge on any atom is 0.306 e. The molecule has 0 radical (unpaired) electrons. The number of esters is 2. The molecule has 2 aromatic rings. The van der Waals surface area contributed by atoms with Gasteiger partial charge in [0.2, 0.25) is 0 Å². The zero-order valence-electron chi connectivity index (χ0n) is 35.7. The van der Waals surface area contributed by atoms with E-state index in [0.29, 0.717) is 24.7 Å². The molecule has 60 heavy (non-hydrogen) atoms. The Kier molecular flexibility index (Phi) is 26.3. The molecule has 0 fully saturated rings. The Labute approximate surface area is 363 Å². The molecular weight excluding hydrogens is 809 g/mol. The van der Waals surface area contributed by atoms with Crippen molar-refractivity contribution in [2.75, 3.05) is 24.7 Å². The number of hydrazine groups is 2. The lowest BCUT2D eigenvalue weighted by atomic mass is 10.1. The minimum Gasteiger partial charge on any atom is -0.507 e. The molecule has 16 heteroatoms. The third-order valence-electron chi connectivity index (χ3n) is 9.50. The average molecular weight is 875 g/mol. The van der Waals surface area contributed by atoms with E-state index < -0.39 is 34.1 Å². The first-order valence-corrected chi connectivity index (χ1v) is 23.3. The summed E-state index contributed by atoms with van der Waals surface area (Å²) in [5, 5.41) is 19.4. The SMILES string of the molecule is CCCCc1ccc(C(=O)NNC(=O)C(C)SCCC(=O)OCCCCCCCCCCOC(=O)CCSC(C)C(=O)NNC(=O)c2ccc(CCCC)cc2O)c(O)c1. The van der Waals surface area contributed by atoms with Crippen LogP contribution in [0.25, 0.3) is 0 Å². The largest absolute Gasteiger partial charge is 0.507 e. The van der Waals surface area contributed by atoms with Gasteiger partial charge in [0.05, 0.1) is 47.7 Å². The van der Waals surface area contributed by atoms with Gasteiger partial charge in [-0.25, -0.2) is 0 Å². The number of rotatable bonds is 29. The van der Waals surface area contributed by atoms with E-state index in [4.69, 9.17) is 9.47 Å². The third kappa shape index (κ3) is 21.7. The van der Waals surface area contributed by atoms with E-state index in [1.807, 2.05) is 0 Å². The van der Waals surface area contributed by atoms with Gasteiger partial charge < -0.3 is 19.7 Å². The van der Waals surface area contributed by atoms with Crippen LogP contribution in [-0.2, 0) is 41.5 Å². The second-order valence-electron chi connectivity index (χ2n) is 14.6. The summed E-state index contributed by atoms with van der Waals surface area (Å²) >= 11 is 2.55. The number of ether oxygens (including phenoxy) is 2. The van der Waals surface area contributed by atoms with Crippen LogP contribution in [0, 0.1) is 0 Å². The van der Waals surface area contributed by atoms with E-state index in [-0.39, 0.29) is 47.4 Å². The van der Waals surface area contributed by atoms with Crippen molar-refractivity contribution in [3.8, 4) is 11.5 Å². The summed E-state index contributed by atoms with van der Waals surface area (Å²) < 4.78 is 10.6. The number of carbonyl (C=O) groups excluding carboxylic acids is 6. The van der Waals surface area contributed by atoms with Crippen molar-refractivity contribution in [3.63, 3.8) is 0 Å². The van der Waals surface area contributed by atoms with Crippen LogP contribution in [-0.4, -0.2) is 81.0 Å². The lowest BCUT2D eigenvalue weighted by Crippen LogP contribution is -2.45. The highest BCUT2D eigenvalue weighted by Gasteiger charge is 2.19. The number of carbonyl (C=O) groups is 6. The average Bonchev–Trinajstić information content (AvgIpc) is 3.23. The van der Waals surface area contributed by atoms with Crippen molar-refractivity contribution in [1.82, 2.24) is 21.7 Å². The zero-order chi connectivity index (χ0) is 44.1. The Bertz CT molecular complexity index is 1540. The van der Waals surface area contributed by atoms with E-state index >= 15 is 0 Å². The van der Waals surface area contributed by atoms with Gasteiger partial charge in [0.1, 0.15) is 11.5 Å². The van der Waals surface area contributed by atoms with Gasteiger partial charge >= 0.3 is 11.9 Å². The van der Waals surface area contributed by atoms with Crippen LogP contribution in [0.3, 0.4) is 0 Å². The highest BCUT2D eigenvalue weighted by Crippen LogP contribution is 2.22. The standard InChI is InChI=1S/C44H66N4O10S2/c1-5-7-17-33-19-21-35(37(49)29-33)43(55)47-45-41(53)31(3)59-27-23-39(51)57-25-15-13-11-9-10-12-14-16-26-58-40(52)24-28-60-32(4)42(54)46-48-44(56)36-22-20-34(18-8-6-2)30-38(36)50/h19-22,29-32,49-50H,5-18,23-28H2,1-4H3,(H,45,53)(H,46,54)(H,47,55)(H,48,56). The number of phenols is 2. The first-order valence-electron chi connectivity index (χ1n) is 21.2. The molecule has 14 nitrogen and oxygen atoms in total. The molecule has 6 N–H and O–H groups in total. The number of benzene rings is 2. The van der Waals surface area contributed by atoms with Crippen molar-refractivity contribution >= 4 is 59.1 Å². The van der Waals surface area contributed by atoms with E-state index in [9.17, 15) is 39.0 Å². The smallest absolute Gasteiger partial charge is 0.306 e. The van der Waals surface area contributed by atoms with Crippen molar-refractivity contribution < 1.29 is 48.5 Å². The lowest BCUT2D eigenvalue weighted by Gasteiger charge is -2.13. The van der Waals surface area contributed by atoms with E-state index in [2.05, 4.69) is 35.6 Å². The maximum absolute atomic E-state index is 12.4. The molecule has 334 valence electrons. The molecule has 0 aliphatic rings. The molecule has 0 saturated carbocycles. The summed E-state index contributed by atoms with van der Waals surface area (Å²) in [7, 11) is 0. The highest BCUT2D eigenvalue weighted by molar-refractivity contribution is 8.00. The molecule has 2 rings (SSSR count). The zero-order valence-corrected chi connectivity index (χ0v) is 37.4. The minimum atomic E-state index is -0.615. The normalized spacial score (nSPS) is 11.9. The Balaban J connectivity index is 1.40. The topological polar surface area (TPSA) is 209 Å². The van der Waals surface area contributed by atoms with Crippen molar-refractivity contribution in [3.05, 3.63) is 58.7 Å². The van der Waals surface area contributed by atoms with E-state index in [1.54, 1.807) is 38.1 Å². The van der Waals surface area contributed by atoms with Crippen molar-refractivity contribution in [1.29, 1.82) is 0 Å². The Morgan fingerprint density at radius 3 is 1.27 bits per heavy atom. The third-order valence-corrected chi connectivity index (χ3v) is 11.8. The van der Waals surface area contributed by atoms with Crippen molar-refractivity contribution in [2.24, 2.45) is 0 Å². The molecule has 0 spiro atoms. The van der Waals surface area contributed by atoms with Gasteiger partial charge in [-0.1, -0.05) is 77.3 Å². The Morgan fingerprint density at radius 1 is 0.550 bits per heavy atom. The van der Waals surface area contributed by atoms with Crippen LogP contribution in [0.4, 0.5) is 0 Å². The molecule has 0 saturated heterocycles. The second-order valence-corrected chi connectivity index (χ2v) is 17.5. The first-order chi connectivity index (χ1) is 28.9. The van der Waals surface area contributed by atoms with Gasteiger partial charge in [-0.2, -0.15) is 0 Å². The van der Waals surface area contributed by atoms with Gasteiger partial charge in [-0.15, -0.1) is 23.5 Å². The van der Waals surface area contributed by atoms with E-state index in [0.717, 1.165) is 101 Å². The monoisotopic (exact) mass is 874 g/mol. The summed E-state index contributed by atoms with van der Waals surface area (Å²) in [5.41, 5.74) is 11.4. The van der Waals surface area contributed by atoms with E-state index in [1.165, 1.54) is 35.7 Å². The summed E-state index contributed by atoms with van der Waals surface area (Å²) in [6, 6.07) is 9.78. The molecule has 0 aromatic heterocycles. The van der Waals surface area contributed by atoms with Gasteiger partial charge in [0.25, 0.3) is 23.6 Å². The molecule has 2 aromatic carbocycles. The second kappa shape index (κ2) is 30.6. The quantitative estimate of drug-likeness (QED) is 0.0272. The molecule has 2 unspecified atom stereocenters. The van der Waals surface area contributed by atoms with Crippen LogP contribution in [0.5, 0.6) is 11.5 Å². The van der Waals surface area contributed by atoms with Gasteiger partial charge in [0, 0.05) is 11.5 Å². The fourth-order valence-corrected chi connectivity index (χ4v) is 7.45. The predicted octanol–water partition coefficient (Wildman–Crippen LogP) is 7.24. The molecular formula is C44H66N4O10S2. The molecule has 4 amide bonds. The van der Waals surface area contributed by atoms with Gasteiger partial charge in [-0.05, 0) is 87.8 Å². The number of nitrogens with one attached hydrogen (secondary N) is 4. The molecule has 0 heterocycles.